The molecule has 0 saturated carbocycles. The van der Waals surface area contributed by atoms with Gasteiger partial charge in [0.05, 0.1) is 19.4 Å². The Hall–Kier alpha value is -1.78. The minimum atomic E-state index is -0.519. The van der Waals surface area contributed by atoms with E-state index in [1.54, 1.807) is 19.1 Å². The second kappa shape index (κ2) is 5.85. The molecule has 1 heterocycles. The van der Waals surface area contributed by atoms with Crippen molar-refractivity contribution in [1.29, 1.82) is 0 Å². The van der Waals surface area contributed by atoms with Crippen LogP contribution in [0.15, 0.2) is 22.8 Å². The molecule has 0 fully saturated rings. The molecular weight excluding hydrogens is 198 g/mol. The van der Waals surface area contributed by atoms with Gasteiger partial charge < -0.3 is 14.5 Å². The van der Waals surface area contributed by atoms with Gasteiger partial charge in [0.15, 0.2) is 0 Å². The summed E-state index contributed by atoms with van der Waals surface area (Å²) < 4.78 is 9.63. The molecule has 82 valence electrons. The molecule has 5 nitrogen and oxygen atoms in total. The summed E-state index contributed by atoms with van der Waals surface area (Å²) in [5, 5.41) is 2.54. The maximum absolute atomic E-state index is 11.2. The van der Waals surface area contributed by atoms with Gasteiger partial charge in [-0.3, -0.25) is 9.59 Å². The summed E-state index contributed by atoms with van der Waals surface area (Å²) in [6.07, 6.45) is 1.27. The molecule has 5 heteroatoms. The predicted molar refractivity (Wildman–Crippen MR) is 51.8 cm³/mol. The fourth-order valence-corrected chi connectivity index (χ4v) is 1.00. The highest BCUT2D eigenvalue weighted by atomic mass is 16.5. The molecule has 0 aromatic carbocycles. The Morgan fingerprint density at radius 1 is 1.53 bits per heavy atom. The SMILES string of the molecule is CCOC(=O)CC(=O)NCc1ccco1. The van der Waals surface area contributed by atoms with Gasteiger partial charge in [-0.25, -0.2) is 0 Å². The van der Waals surface area contributed by atoms with Crippen molar-refractivity contribution >= 4 is 11.9 Å². The van der Waals surface area contributed by atoms with Gasteiger partial charge in [0.1, 0.15) is 12.2 Å². The zero-order chi connectivity index (χ0) is 11.1. The first-order valence-corrected chi connectivity index (χ1v) is 4.67. The monoisotopic (exact) mass is 211 g/mol. The Kier molecular flexibility index (Phi) is 4.40. The highest BCUT2D eigenvalue weighted by Crippen LogP contribution is 1.98. The second-order valence-electron chi connectivity index (χ2n) is 2.84. The van der Waals surface area contributed by atoms with Crippen LogP contribution >= 0.6 is 0 Å². The van der Waals surface area contributed by atoms with Crippen LogP contribution < -0.4 is 5.32 Å². The van der Waals surface area contributed by atoms with Gasteiger partial charge in [-0.2, -0.15) is 0 Å². The molecule has 1 amide bonds. The number of rotatable bonds is 5. The van der Waals surface area contributed by atoms with Crippen LogP contribution in [-0.2, 0) is 20.9 Å². The molecule has 0 saturated heterocycles. The zero-order valence-electron chi connectivity index (χ0n) is 8.49. The van der Waals surface area contributed by atoms with Crippen LogP contribution in [0.5, 0.6) is 0 Å². The largest absolute Gasteiger partial charge is 0.467 e. The van der Waals surface area contributed by atoms with Crippen molar-refractivity contribution in [1.82, 2.24) is 5.32 Å². The summed E-state index contributed by atoms with van der Waals surface area (Å²) >= 11 is 0. The molecule has 0 atom stereocenters. The highest BCUT2D eigenvalue weighted by Gasteiger charge is 2.09. The van der Waals surface area contributed by atoms with Crippen molar-refractivity contribution in [3.63, 3.8) is 0 Å². The first kappa shape index (κ1) is 11.3. The van der Waals surface area contributed by atoms with Crippen LogP contribution in [0.3, 0.4) is 0 Å². The van der Waals surface area contributed by atoms with E-state index in [1.807, 2.05) is 0 Å². The molecule has 0 aliphatic rings. The number of ether oxygens (including phenoxy) is 1. The van der Waals surface area contributed by atoms with Gasteiger partial charge in [0.2, 0.25) is 5.91 Å². The van der Waals surface area contributed by atoms with Gasteiger partial charge in [-0.15, -0.1) is 0 Å². The topological polar surface area (TPSA) is 68.5 Å². The molecule has 0 aliphatic carbocycles. The normalized spacial score (nSPS) is 9.67. The zero-order valence-corrected chi connectivity index (χ0v) is 8.49. The molecule has 1 aromatic heterocycles. The van der Waals surface area contributed by atoms with Crippen molar-refractivity contribution in [2.75, 3.05) is 6.61 Å². The third kappa shape index (κ3) is 4.30. The van der Waals surface area contributed by atoms with Crippen LogP contribution in [0.1, 0.15) is 19.1 Å². The fourth-order valence-electron chi connectivity index (χ4n) is 1.00. The number of hydrogen-bond acceptors (Lipinski definition) is 4. The summed E-state index contributed by atoms with van der Waals surface area (Å²) in [5.74, 6) is -0.244. The van der Waals surface area contributed by atoms with E-state index in [9.17, 15) is 9.59 Å². The Morgan fingerprint density at radius 3 is 2.93 bits per heavy atom. The minimum Gasteiger partial charge on any atom is -0.467 e. The molecular formula is C10H13NO4. The number of carbonyl (C=O) groups excluding carboxylic acids is 2. The Labute approximate surface area is 87.4 Å². The predicted octanol–water partition coefficient (Wildman–Crippen LogP) is 0.849. The van der Waals surface area contributed by atoms with Crippen LogP contribution in [0.2, 0.25) is 0 Å². The number of hydrogen-bond donors (Lipinski definition) is 1. The maximum Gasteiger partial charge on any atom is 0.315 e. The van der Waals surface area contributed by atoms with Crippen molar-refractivity contribution in [2.45, 2.75) is 19.9 Å². The van der Waals surface area contributed by atoms with E-state index >= 15 is 0 Å². The summed E-state index contributed by atoms with van der Waals surface area (Å²) in [5.41, 5.74) is 0. The third-order valence-electron chi connectivity index (χ3n) is 1.65. The highest BCUT2D eigenvalue weighted by molar-refractivity contribution is 5.94. The van der Waals surface area contributed by atoms with E-state index in [4.69, 9.17) is 4.42 Å². The van der Waals surface area contributed by atoms with E-state index in [-0.39, 0.29) is 25.5 Å². The number of esters is 1. The lowest BCUT2D eigenvalue weighted by atomic mass is 10.4. The van der Waals surface area contributed by atoms with Crippen molar-refractivity contribution in [3.05, 3.63) is 24.2 Å². The number of furan rings is 1. The van der Waals surface area contributed by atoms with E-state index in [1.165, 1.54) is 6.26 Å². The van der Waals surface area contributed by atoms with Crippen molar-refractivity contribution in [2.24, 2.45) is 0 Å². The van der Waals surface area contributed by atoms with Gasteiger partial charge in [0, 0.05) is 0 Å². The van der Waals surface area contributed by atoms with Crippen LogP contribution in [0, 0.1) is 0 Å². The second-order valence-corrected chi connectivity index (χ2v) is 2.84. The molecule has 0 spiro atoms. The quantitative estimate of drug-likeness (QED) is 0.579. The Balaban J connectivity index is 2.22. The smallest absolute Gasteiger partial charge is 0.315 e. The fraction of sp³-hybridized carbons (Fsp3) is 0.400. The van der Waals surface area contributed by atoms with E-state index in [0.29, 0.717) is 5.76 Å². The molecule has 1 N–H and O–H groups in total. The van der Waals surface area contributed by atoms with Crippen LogP contribution in [0.4, 0.5) is 0 Å². The number of amides is 1. The summed E-state index contributed by atoms with van der Waals surface area (Å²) in [6.45, 7) is 2.26. The first-order chi connectivity index (χ1) is 7.22. The summed E-state index contributed by atoms with van der Waals surface area (Å²) in [4.78, 5) is 22.1. The first-order valence-electron chi connectivity index (χ1n) is 4.67. The molecule has 1 rings (SSSR count). The lowest BCUT2D eigenvalue weighted by Crippen LogP contribution is -2.25. The van der Waals surface area contributed by atoms with Gasteiger partial charge in [-0.05, 0) is 19.1 Å². The standard InChI is InChI=1S/C10H13NO4/c1-2-14-10(13)6-9(12)11-7-8-4-3-5-15-8/h3-5H,2,6-7H2,1H3,(H,11,12). The van der Waals surface area contributed by atoms with E-state index in [2.05, 4.69) is 10.1 Å². The minimum absolute atomic E-state index is 0.255. The Morgan fingerprint density at radius 2 is 2.33 bits per heavy atom. The average molecular weight is 211 g/mol. The van der Waals surface area contributed by atoms with E-state index < -0.39 is 5.97 Å². The van der Waals surface area contributed by atoms with Crippen molar-refractivity contribution < 1.29 is 18.7 Å². The molecule has 15 heavy (non-hydrogen) atoms. The number of nitrogens with one attached hydrogen (secondary N) is 1. The summed E-state index contributed by atoms with van der Waals surface area (Å²) in [7, 11) is 0. The number of carbonyl (C=O) groups is 2. The van der Waals surface area contributed by atoms with Crippen LogP contribution in [-0.4, -0.2) is 18.5 Å². The van der Waals surface area contributed by atoms with Gasteiger partial charge in [0.25, 0.3) is 0 Å². The third-order valence-corrected chi connectivity index (χ3v) is 1.65. The van der Waals surface area contributed by atoms with Gasteiger partial charge >= 0.3 is 5.97 Å². The summed E-state index contributed by atoms with van der Waals surface area (Å²) in [6, 6.07) is 3.47. The van der Waals surface area contributed by atoms with Crippen LogP contribution in [0.25, 0.3) is 0 Å². The lowest BCUT2D eigenvalue weighted by molar-refractivity contribution is -0.146. The van der Waals surface area contributed by atoms with Gasteiger partial charge in [-0.1, -0.05) is 0 Å². The maximum atomic E-state index is 11.2. The van der Waals surface area contributed by atoms with E-state index in [0.717, 1.165) is 0 Å². The molecule has 0 unspecified atom stereocenters. The molecule has 0 aliphatic heterocycles. The average Bonchev–Trinajstić information content (AvgIpc) is 2.67. The lowest BCUT2D eigenvalue weighted by Gasteiger charge is -2.02. The molecule has 0 radical (unpaired) electrons. The van der Waals surface area contributed by atoms with Crippen molar-refractivity contribution in [3.8, 4) is 0 Å². The molecule has 0 bridgehead atoms. The Bertz CT molecular complexity index is 318. The molecule has 1 aromatic rings.